The molecule has 266 valence electrons. The predicted octanol–water partition coefficient (Wildman–Crippen LogP) is 9.21. The van der Waals surface area contributed by atoms with Crippen LogP contribution in [0.4, 0.5) is 0 Å². The maximum absolute atomic E-state index is 5.42. The van der Waals surface area contributed by atoms with Gasteiger partial charge >= 0.3 is 0 Å². The average molecular weight is 724 g/mol. The van der Waals surface area contributed by atoms with Gasteiger partial charge in [0.1, 0.15) is 11.6 Å². The Morgan fingerprint density at radius 1 is 0.607 bits per heavy atom. The zero-order valence-electron chi connectivity index (χ0n) is 30.1. The van der Waals surface area contributed by atoms with Crippen LogP contribution in [0.15, 0.2) is 165 Å². The maximum atomic E-state index is 5.42. The van der Waals surface area contributed by atoms with E-state index in [1.165, 1.54) is 10.9 Å². The number of fused-ring (bicyclic) bond motifs is 6. The number of nitrogens with zero attached hydrogens (tertiary/aromatic N) is 7. The maximum Gasteiger partial charge on any atom is 0.138 e. The summed E-state index contributed by atoms with van der Waals surface area (Å²) in [5.74, 6) is 1.66. The third kappa shape index (κ3) is 5.28. The number of para-hydroxylation sites is 2. The number of hydrogen-bond donors (Lipinski definition) is 2. The first-order chi connectivity index (χ1) is 27.8. The molecular formula is C47H33N9. The molecule has 0 saturated heterocycles. The Balaban J connectivity index is 1.07. The van der Waals surface area contributed by atoms with Crippen molar-refractivity contribution in [2.24, 2.45) is 0 Å². The summed E-state index contributed by atoms with van der Waals surface area (Å²) in [7, 11) is 0. The van der Waals surface area contributed by atoms with E-state index in [0.717, 1.165) is 90.7 Å². The largest absolute Gasteiger partial charge is 0.387 e. The lowest BCUT2D eigenvalue weighted by molar-refractivity contribution is 0.738. The van der Waals surface area contributed by atoms with Gasteiger partial charge in [-0.1, -0.05) is 48.5 Å². The van der Waals surface area contributed by atoms with Crippen LogP contribution >= 0.6 is 0 Å². The highest BCUT2D eigenvalue weighted by Gasteiger charge is 2.23. The van der Waals surface area contributed by atoms with Crippen molar-refractivity contribution in [1.29, 1.82) is 0 Å². The molecule has 2 aliphatic heterocycles. The zero-order chi connectivity index (χ0) is 37.0. The van der Waals surface area contributed by atoms with Crippen molar-refractivity contribution in [3.63, 3.8) is 0 Å². The van der Waals surface area contributed by atoms with Crippen LogP contribution in [0.2, 0.25) is 0 Å². The van der Waals surface area contributed by atoms with Crippen LogP contribution in [0.25, 0.3) is 72.9 Å². The van der Waals surface area contributed by atoms with Gasteiger partial charge in [-0.2, -0.15) is 0 Å². The molecule has 0 fully saturated rings. The predicted molar refractivity (Wildman–Crippen MR) is 223 cm³/mol. The number of nitrogens with one attached hydrogen (secondary N) is 2. The Hall–Kier alpha value is -7.65. The van der Waals surface area contributed by atoms with Gasteiger partial charge in [0.05, 0.1) is 45.4 Å². The third-order valence-corrected chi connectivity index (χ3v) is 10.7. The summed E-state index contributed by atoms with van der Waals surface area (Å²) in [6, 6.07) is 39.3. The van der Waals surface area contributed by atoms with Gasteiger partial charge in [-0.05, 0) is 91.2 Å². The normalized spacial score (nSPS) is 15.0. The minimum atomic E-state index is -0.216. The number of benzene rings is 2. The van der Waals surface area contributed by atoms with Crippen LogP contribution in [0.3, 0.4) is 0 Å². The second-order valence-corrected chi connectivity index (χ2v) is 14.0. The molecule has 2 aliphatic rings. The molecular weight excluding hydrogens is 691 g/mol. The SMILES string of the molecule is C1=Cc2c(c3ccccc3n2-c2ccc(C3=CC(c4cc(-c5ccccn5)cc(-n5c6ccccc6c6cnccc65)n4)=CC(c4ccccn4)N3)cn2)CN1. The molecule has 0 amide bonds. The smallest absolute Gasteiger partial charge is 0.138 e. The molecule has 0 bridgehead atoms. The molecule has 0 spiro atoms. The molecule has 0 radical (unpaired) electrons. The number of pyridine rings is 5. The Labute approximate surface area is 322 Å². The average Bonchev–Trinajstić information content (AvgIpc) is 3.80. The molecule has 56 heavy (non-hydrogen) atoms. The molecule has 1 unspecified atom stereocenters. The molecule has 11 rings (SSSR count). The lowest BCUT2D eigenvalue weighted by Crippen LogP contribution is -2.23. The second-order valence-electron chi connectivity index (χ2n) is 14.0. The van der Waals surface area contributed by atoms with Crippen molar-refractivity contribution in [3.05, 3.63) is 193 Å². The summed E-state index contributed by atoms with van der Waals surface area (Å²) >= 11 is 0. The van der Waals surface area contributed by atoms with Crippen molar-refractivity contribution < 1.29 is 0 Å². The van der Waals surface area contributed by atoms with Crippen molar-refractivity contribution in [1.82, 2.24) is 44.7 Å². The van der Waals surface area contributed by atoms with Crippen LogP contribution in [0.1, 0.15) is 34.3 Å². The highest BCUT2D eigenvalue weighted by Crippen LogP contribution is 2.37. The zero-order valence-corrected chi connectivity index (χ0v) is 30.1. The van der Waals surface area contributed by atoms with Gasteiger partial charge in [0.15, 0.2) is 0 Å². The van der Waals surface area contributed by atoms with Crippen LogP contribution in [-0.4, -0.2) is 34.1 Å². The molecule has 7 aromatic heterocycles. The van der Waals surface area contributed by atoms with Crippen LogP contribution < -0.4 is 10.6 Å². The highest BCUT2D eigenvalue weighted by molar-refractivity contribution is 6.08. The van der Waals surface area contributed by atoms with Crippen molar-refractivity contribution in [2.75, 3.05) is 0 Å². The molecule has 1 atom stereocenters. The third-order valence-electron chi connectivity index (χ3n) is 10.7. The second kappa shape index (κ2) is 13.0. The number of aromatic nitrogens is 7. The fourth-order valence-corrected chi connectivity index (χ4v) is 8.11. The molecule has 2 aromatic carbocycles. The van der Waals surface area contributed by atoms with Gasteiger partial charge in [0.2, 0.25) is 0 Å². The van der Waals surface area contributed by atoms with Crippen LogP contribution in [0.5, 0.6) is 0 Å². The number of allylic oxidation sites excluding steroid dienone is 2. The first kappa shape index (κ1) is 31.8. The molecule has 0 aliphatic carbocycles. The lowest BCUT2D eigenvalue weighted by atomic mass is 9.97. The Bertz CT molecular complexity index is 2990. The number of hydrogen-bond acceptors (Lipinski definition) is 7. The molecule has 9 heterocycles. The standard InChI is InChI=1S/C47H33N9/c1-3-13-42-33(9-1)35-28-48-21-17-44(35)55(42)46-16-15-30(27-52-46)39-23-31(25-41(53-39)38-12-6-8-20-51-38)40-24-32(37-11-5-7-19-50-37)26-47(54-40)56-43-14-4-2-10-34(43)36-29-49-22-18-45(36)56/h1-27,29,41,48,53H,28H2. The Morgan fingerprint density at radius 2 is 1.41 bits per heavy atom. The van der Waals surface area contributed by atoms with E-state index < -0.39 is 0 Å². The fourth-order valence-electron chi connectivity index (χ4n) is 8.11. The van der Waals surface area contributed by atoms with Gasteiger partial charge in [0.25, 0.3) is 0 Å². The van der Waals surface area contributed by atoms with Crippen molar-refractivity contribution in [3.8, 4) is 22.9 Å². The van der Waals surface area contributed by atoms with Gasteiger partial charge in [-0.3, -0.25) is 24.1 Å². The quantitative estimate of drug-likeness (QED) is 0.177. The molecule has 2 N–H and O–H groups in total. The first-order valence-electron chi connectivity index (χ1n) is 18.6. The van der Waals surface area contributed by atoms with Crippen LogP contribution in [0, 0.1) is 0 Å². The topological polar surface area (TPSA) is 98.4 Å². The first-order valence-corrected chi connectivity index (χ1v) is 18.6. The van der Waals surface area contributed by atoms with E-state index in [1.807, 2.05) is 73.6 Å². The fraction of sp³-hybridized carbons (Fsp3) is 0.0426. The van der Waals surface area contributed by atoms with E-state index in [4.69, 9.17) is 19.9 Å². The summed E-state index contributed by atoms with van der Waals surface area (Å²) in [6.07, 6.45) is 17.9. The summed E-state index contributed by atoms with van der Waals surface area (Å²) in [5, 5.41) is 10.6. The van der Waals surface area contributed by atoms with E-state index in [9.17, 15) is 0 Å². The van der Waals surface area contributed by atoms with Crippen molar-refractivity contribution in [2.45, 2.75) is 12.6 Å². The minimum absolute atomic E-state index is 0.216. The van der Waals surface area contributed by atoms with Crippen LogP contribution in [-0.2, 0) is 6.54 Å². The van der Waals surface area contributed by atoms with E-state index in [0.29, 0.717) is 0 Å². The van der Waals surface area contributed by atoms with E-state index >= 15 is 0 Å². The van der Waals surface area contributed by atoms with E-state index in [-0.39, 0.29) is 6.04 Å². The monoisotopic (exact) mass is 723 g/mol. The summed E-state index contributed by atoms with van der Waals surface area (Å²) < 4.78 is 4.47. The Morgan fingerprint density at radius 3 is 2.23 bits per heavy atom. The Kier molecular flexibility index (Phi) is 7.41. The number of dihydropyridines is 1. The molecule has 9 heteroatoms. The summed E-state index contributed by atoms with van der Waals surface area (Å²) in [4.78, 5) is 24.5. The van der Waals surface area contributed by atoms with Gasteiger partial charge < -0.3 is 10.6 Å². The van der Waals surface area contributed by atoms with Gasteiger partial charge in [-0.15, -0.1) is 0 Å². The lowest BCUT2D eigenvalue weighted by Gasteiger charge is -2.25. The number of rotatable bonds is 6. The molecule has 9 nitrogen and oxygen atoms in total. The van der Waals surface area contributed by atoms with Crippen molar-refractivity contribution >= 4 is 50.1 Å². The summed E-state index contributed by atoms with van der Waals surface area (Å²) in [6.45, 7) is 0.781. The van der Waals surface area contributed by atoms with Gasteiger partial charge in [0, 0.05) is 81.6 Å². The molecule has 0 saturated carbocycles. The summed E-state index contributed by atoms with van der Waals surface area (Å²) in [5.41, 5.74) is 12.1. The van der Waals surface area contributed by atoms with E-state index in [2.05, 4.69) is 122 Å². The molecule has 9 aromatic rings. The van der Waals surface area contributed by atoms with E-state index in [1.54, 1.807) is 0 Å². The van der Waals surface area contributed by atoms with Gasteiger partial charge in [-0.25, -0.2) is 9.97 Å². The minimum Gasteiger partial charge on any atom is -0.387 e. The highest BCUT2D eigenvalue weighted by atomic mass is 15.1.